The molecule has 1 heterocycles. The van der Waals surface area contributed by atoms with E-state index >= 15 is 4.79 Å². The lowest BCUT2D eigenvalue weighted by atomic mass is 9.52. The fourth-order valence-electron chi connectivity index (χ4n) is 25.4. The largest absolute Gasteiger partial charge is 0.465 e. The van der Waals surface area contributed by atoms with Crippen LogP contribution in [0, 0.1) is 0 Å². The van der Waals surface area contributed by atoms with Crippen LogP contribution >= 0.6 is 0 Å². The second-order valence-corrected chi connectivity index (χ2v) is 26.1. The van der Waals surface area contributed by atoms with Gasteiger partial charge >= 0.3 is 0 Å². The van der Waals surface area contributed by atoms with Gasteiger partial charge in [0.15, 0.2) is 11.4 Å². The number of hydrogen-bond acceptors (Lipinski definition) is 3. The minimum atomic E-state index is -1.07. The van der Waals surface area contributed by atoms with E-state index in [-0.39, 0.29) is 5.78 Å². The molecular weight excluding hydrogens is 901 g/mol. The van der Waals surface area contributed by atoms with Gasteiger partial charge in [-0.25, -0.2) is 0 Å². The van der Waals surface area contributed by atoms with Crippen LogP contribution < -0.4 is 0 Å². The van der Waals surface area contributed by atoms with E-state index in [4.69, 9.17) is 9.47 Å². The number of ether oxygens (including phenoxy) is 2. The summed E-state index contributed by atoms with van der Waals surface area (Å²) in [6.07, 6.45) is 0. The van der Waals surface area contributed by atoms with Crippen LogP contribution in [-0.2, 0) is 20.5 Å². The lowest BCUT2D eigenvalue weighted by Gasteiger charge is -2.49. The molecular formula is C71H10O3. The van der Waals surface area contributed by atoms with Crippen LogP contribution in [0.3, 0.4) is 0 Å². The van der Waals surface area contributed by atoms with Gasteiger partial charge in [-0.3, -0.25) is 4.79 Å². The van der Waals surface area contributed by atoms with Crippen LogP contribution in [0.25, 0.3) is 291 Å². The van der Waals surface area contributed by atoms with Gasteiger partial charge in [0, 0.05) is 16.7 Å². The van der Waals surface area contributed by atoms with E-state index in [1.807, 2.05) is 30.3 Å². The number of carbonyl (C=O) groups excluding carboxylic acids is 1. The van der Waals surface area contributed by atoms with Crippen molar-refractivity contribution in [3.05, 3.63) is 69.7 Å². The lowest BCUT2D eigenvalue weighted by molar-refractivity contribution is -0.0433. The second kappa shape index (κ2) is 6.47. The highest BCUT2D eigenvalue weighted by Gasteiger charge is 2.77. The molecule has 74 heavy (non-hydrogen) atoms. The topological polar surface area (TPSA) is 35.5 Å². The molecule has 0 aromatic heterocycles. The van der Waals surface area contributed by atoms with Crippen LogP contribution in [0.2, 0.25) is 0 Å². The molecule has 0 atom stereocenters. The quantitative estimate of drug-likeness (QED) is 0.130. The van der Waals surface area contributed by atoms with Crippen molar-refractivity contribution in [2.75, 3.05) is 6.61 Å². The molecule has 34 rings (SSSR count). The minimum Gasteiger partial charge on any atom is -0.465 e. The Morgan fingerprint density at radius 1 is 0.324 bits per heavy atom. The van der Waals surface area contributed by atoms with E-state index in [0.717, 1.165) is 5.57 Å². The number of ketones is 1. The molecule has 0 amide bonds. The standard InChI is InChI=1S/C71H10O3/c1-2-73-69-67(68(72)8-6-4-3-5-7-8)70-63-55-47-37-27-19-11-9-10-13-17-15(11)23-31-25(17)35-29-21(13)22-14(10)18-16-12(9)20(19)28-34-24(16)32-26(18)36-30(22)40-39(29)51-45(35)53-43(31)49(41(47)33(23)27)57(63)59(53)65-61(51)62-52(40)46(36)54-44(32)50-42(34)48(38(28)37)56(55)64(70)58(50)60(54)66(62)71(65,70)74-69/h3-7H,2H2,1H3. The summed E-state index contributed by atoms with van der Waals surface area (Å²) in [6, 6.07) is 10.2. The van der Waals surface area contributed by atoms with Crippen molar-refractivity contribution in [1.29, 1.82) is 0 Å². The van der Waals surface area contributed by atoms with Crippen molar-refractivity contribution in [3.8, 4) is 0 Å². The SMILES string of the molecule is CCOC1=C(C(=O)c2ccccc2)C23c4c5c6c7c8c9c(c%10c%11c2c2c4c4c%12c5c5c6c6c8c8c%13c9c9c%10c%10c%11c%11c2c2c4c4c%12c%12c5c5c6c8c6c8c%13c9c9c%10c%10c%11c2c2c4c4c%12c5c6c5c8c9c%10c2c45)C73O1. The fourth-order valence-corrected chi connectivity index (χ4v) is 25.4. The molecule has 2 spiro atoms. The maximum Gasteiger partial charge on any atom is 0.289 e. The van der Waals surface area contributed by atoms with Crippen molar-refractivity contribution >= 4 is 297 Å². The summed E-state index contributed by atoms with van der Waals surface area (Å²) < 4.78 is 15.6. The highest BCUT2D eigenvalue weighted by molar-refractivity contribution is 6.82. The van der Waals surface area contributed by atoms with Crippen LogP contribution in [0.1, 0.15) is 39.5 Å². The highest BCUT2D eigenvalue weighted by atomic mass is 16.7. The van der Waals surface area contributed by atoms with Gasteiger partial charge in [-0.2, -0.15) is 0 Å². The normalized spacial score (nSPS) is 21.9. The number of Topliss-reactive ketones (excluding diaryl/α,β-unsaturated/α-hetero) is 1. The monoisotopic (exact) mass is 910 g/mol. The third-order valence-electron chi connectivity index (χ3n) is 25.6. The first-order chi connectivity index (χ1) is 36.8. The van der Waals surface area contributed by atoms with Gasteiger partial charge in [-0.05, 0) is 309 Å². The Labute approximate surface area is 403 Å². The van der Waals surface area contributed by atoms with Crippen LogP contribution in [-0.4, -0.2) is 12.4 Å². The molecule has 0 unspecified atom stereocenters. The summed E-state index contributed by atoms with van der Waals surface area (Å²) in [5, 5.41) is 82.8. The molecule has 3 nitrogen and oxygen atoms in total. The average molecular weight is 911 g/mol. The summed E-state index contributed by atoms with van der Waals surface area (Å²) in [5.41, 5.74) is 4.85. The molecule has 1 aliphatic heterocycles. The van der Waals surface area contributed by atoms with E-state index < -0.39 is 11.0 Å². The van der Waals surface area contributed by atoms with E-state index in [9.17, 15) is 0 Å². The Balaban J connectivity index is 1.14. The van der Waals surface area contributed by atoms with Gasteiger partial charge in [0.1, 0.15) is 11.0 Å². The van der Waals surface area contributed by atoms with Gasteiger partial charge in [0.05, 0.1) is 6.61 Å². The van der Waals surface area contributed by atoms with E-state index in [0.29, 0.717) is 18.1 Å². The molecule has 29 aromatic rings. The number of carbonyl (C=O) groups is 1. The molecule has 0 saturated heterocycles. The van der Waals surface area contributed by atoms with Gasteiger partial charge in [-0.15, -0.1) is 0 Å². The zero-order chi connectivity index (χ0) is 44.5. The fraction of sp³-hybridized carbons (Fsp3) is 0.0563. The second-order valence-electron chi connectivity index (χ2n) is 26.1. The van der Waals surface area contributed by atoms with Crippen LogP contribution in [0.5, 0.6) is 0 Å². The first-order valence-corrected chi connectivity index (χ1v) is 27.2. The first-order valence-electron chi connectivity index (χ1n) is 27.2. The van der Waals surface area contributed by atoms with Crippen molar-refractivity contribution < 1.29 is 14.3 Å². The van der Waals surface area contributed by atoms with E-state index in [1.54, 1.807) is 151 Å². The van der Waals surface area contributed by atoms with Crippen molar-refractivity contribution in [2.24, 2.45) is 0 Å². The highest BCUT2D eigenvalue weighted by Crippen LogP contribution is 2.86. The molecule has 4 aliphatic carbocycles. The van der Waals surface area contributed by atoms with Crippen LogP contribution in [0.4, 0.5) is 0 Å². The maximum absolute atomic E-state index is 16.8. The van der Waals surface area contributed by atoms with Gasteiger partial charge in [-0.1, -0.05) is 30.3 Å². The molecule has 312 valence electrons. The molecule has 0 saturated carbocycles. The van der Waals surface area contributed by atoms with E-state index in [2.05, 4.69) is 6.92 Å². The third-order valence-corrected chi connectivity index (χ3v) is 25.6. The van der Waals surface area contributed by atoms with E-state index in [1.165, 1.54) is 162 Å². The number of rotatable bonds is 4. The molecule has 0 fully saturated rings. The zero-order valence-corrected chi connectivity index (χ0v) is 37.8. The first kappa shape index (κ1) is 28.1. The Morgan fingerprint density at radius 2 is 0.541 bits per heavy atom. The molecule has 0 bridgehead atoms. The van der Waals surface area contributed by atoms with Gasteiger partial charge in [0.25, 0.3) is 5.95 Å². The average Bonchev–Trinajstić information content (AvgIpc) is 2.52. The zero-order valence-electron chi connectivity index (χ0n) is 37.8. The van der Waals surface area contributed by atoms with Gasteiger partial charge < -0.3 is 9.47 Å². The number of hydrogen-bond donors (Lipinski definition) is 0. The molecule has 0 N–H and O–H groups in total. The summed E-state index contributed by atoms with van der Waals surface area (Å²) in [7, 11) is 0. The Bertz CT molecular complexity index is 7440. The Morgan fingerprint density at radius 3 is 0.770 bits per heavy atom. The van der Waals surface area contributed by atoms with Crippen LogP contribution in [0.15, 0.2) is 41.9 Å². The summed E-state index contributed by atoms with van der Waals surface area (Å²) in [5.74, 6) is 0.500. The summed E-state index contributed by atoms with van der Waals surface area (Å²) in [4.78, 5) is 16.8. The molecule has 3 heteroatoms. The van der Waals surface area contributed by atoms with Crippen molar-refractivity contribution in [1.82, 2.24) is 0 Å². The van der Waals surface area contributed by atoms with Gasteiger partial charge in [0.2, 0.25) is 0 Å². The molecule has 0 radical (unpaired) electrons. The summed E-state index contributed by atoms with van der Waals surface area (Å²) in [6.45, 7) is 2.50. The lowest BCUT2D eigenvalue weighted by Crippen LogP contribution is -2.52. The Kier molecular flexibility index (Phi) is 2.45. The smallest absolute Gasteiger partial charge is 0.289 e. The number of benzene rings is 19. The predicted molar refractivity (Wildman–Crippen MR) is 304 cm³/mol. The predicted octanol–water partition coefficient (Wildman–Crippen LogP) is 18.4. The minimum absolute atomic E-state index is 0.0448. The molecule has 5 aliphatic rings. The van der Waals surface area contributed by atoms with Crippen molar-refractivity contribution in [2.45, 2.75) is 17.9 Å². The van der Waals surface area contributed by atoms with Crippen molar-refractivity contribution in [3.63, 3.8) is 0 Å². The Hall–Kier alpha value is -9.31. The maximum atomic E-state index is 16.8. The third kappa shape index (κ3) is 1.51. The molecule has 29 aromatic carbocycles. The summed E-state index contributed by atoms with van der Waals surface area (Å²) >= 11 is 0.